The van der Waals surface area contributed by atoms with Crippen molar-refractivity contribution in [3.05, 3.63) is 34.4 Å². The zero-order valence-electron chi connectivity index (χ0n) is 22.3. The Hall–Kier alpha value is -2.30. The second kappa shape index (κ2) is 7.14. The Kier molecular flexibility index (Phi) is 4.98. The van der Waals surface area contributed by atoms with E-state index < -0.39 is 11.4 Å². The molecule has 4 aliphatic rings. The van der Waals surface area contributed by atoms with Crippen molar-refractivity contribution >= 4 is 11.8 Å². The highest BCUT2D eigenvalue weighted by Crippen LogP contribution is 2.74. The highest BCUT2D eigenvalue weighted by atomic mass is 16.5. The van der Waals surface area contributed by atoms with Gasteiger partial charge in [-0.3, -0.25) is 9.59 Å². The number of phenolic OH excluding ortho intramolecular Hbond substituents is 1. The first-order valence-corrected chi connectivity index (χ1v) is 13.1. The minimum absolute atomic E-state index is 0.0129. The number of carbonyl (C=O) groups excluding carboxylic acids is 1. The number of hydrogen-bond acceptors (Lipinski definition) is 4. The number of ether oxygens (including phenoxy) is 1. The Labute approximate surface area is 209 Å². The number of carboxylic acid groups (broad SMARTS) is 1. The number of aliphatic carboxylic acids is 1. The van der Waals surface area contributed by atoms with E-state index in [0.717, 1.165) is 44.1 Å². The zero-order valence-corrected chi connectivity index (χ0v) is 22.3. The lowest BCUT2D eigenvalue weighted by molar-refractivity contribution is -0.177. The van der Waals surface area contributed by atoms with Crippen LogP contribution in [0.3, 0.4) is 0 Å². The molecule has 0 aromatic heterocycles. The molecule has 0 amide bonds. The number of rotatable bonds is 2. The summed E-state index contributed by atoms with van der Waals surface area (Å²) in [6.45, 7) is 13.1. The highest BCUT2D eigenvalue weighted by molar-refractivity contribution is 6.10. The first-order chi connectivity index (χ1) is 16.2. The molecule has 1 aromatic carbocycles. The molecule has 0 bridgehead atoms. The molecule has 2 N–H and O–H groups in total. The van der Waals surface area contributed by atoms with Crippen molar-refractivity contribution < 1.29 is 24.5 Å². The molecular weight excluding hydrogens is 440 g/mol. The Morgan fingerprint density at radius 3 is 2.31 bits per heavy atom. The van der Waals surface area contributed by atoms with Gasteiger partial charge in [0, 0.05) is 16.5 Å². The average molecular weight is 481 g/mol. The van der Waals surface area contributed by atoms with Crippen LogP contribution >= 0.6 is 0 Å². The van der Waals surface area contributed by atoms with Gasteiger partial charge in [-0.05, 0) is 104 Å². The summed E-state index contributed by atoms with van der Waals surface area (Å²) in [5.41, 5.74) is 2.17. The zero-order chi connectivity index (χ0) is 25.8. The topological polar surface area (TPSA) is 83.8 Å². The number of phenols is 1. The van der Waals surface area contributed by atoms with E-state index in [4.69, 9.17) is 4.74 Å². The van der Waals surface area contributed by atoms with E-state index in [9.17, 15) is 19.8 Å². The molecule has 4 aliphatic carbocycles. The fourth-order valence-electron chi connectivity index (χ4n) is 8.97. The molecule has 0 spiro atoms. The molecule has 0 saturated heterocycles. The van der Waals surface area contributed by atoms with Gasteiger partial charge in [-0.25, -0.2) is 0 Å². The minimum Gasteiger partial charge on any atom is -0.504 e. The van der Waals surface area contributed by atoms with Gasteiger partial charge >= 0.3 is 5.97 Å². The monoisotopic (exact) mass is 480 g/mol. The van der Waals surface area contributed by atoms with Crippen LogP contribution in [-0.2, 0) is 10.2 Å². The molecule has 5 heteroatoms. The maximum atomic E-state index is 13.7. The lowest BCUT2D eigenvalue weighted by atomic mass is 9.34. The summed E-state index contributed by atoms with van der Waals surface area (Å²) < 4.78 is 5.42. The normalized spacial score (nSPS) is 42.2. The van der Waals surface area contributed by atoms with Crippen LogP contribution in [0.15, 0.2) is 17.7 Å². The SMILES string of the molecule is COc1c(O)cc2c(c1C)C(=O)C=C1[C@@]2(C)CC[C@@]2(C)[C@@H]3C[C@](C)(C(=O)O)CC[C@]3(C)CC[C@]12C. The van der Waals surface area contributed by atoms with Crippen molar-refractivity contribution in [1.82, 2.24) is 0 Å². The molecule has 6 atom stereocenters. The van der Waals surface area contributed by atoms with Crippen molar-refractivity contribution in [3.8, 4) is 11.5 Å². The second-order valence-electron chi connectivity index (χ2n) is 13.3. The molecule has 1 aromatic rings. The summed E-state index contributed by atoms with van der Waals surface area (Å²) in [4.78, 5) is 25.9. The van der Waals surface area contributed by atoms with Gasteiger partial charge in [0.15, 0.2) is 17.3 Å². The fourth-order valence-corrected chi connectivity index (χ4v) is 8.97. The molecular formula is C30H40O5. The Morgan fingerprint density at radius 2 is 1.69 bits per heavy atom. The van der Waals surface area contributed by atoms with Gasteiger partial charge in [-0.1, -0.05) is 27.7 Å². The van der Waals surface area contributed by atoms with E-state index in [1.54, 1.807) is 6.07 Å². The summed E-state index contributed by atoms with van der Waals surface area (Å²) in [7, 11) is 1.52. The van der Waals surface area contributed by atoms with Gasteiger partial charge in [-0.2, -0.15) is 0 Å². The number of methoxy groups -OCH3 is 1. The summed E-state index contributed by atoms with van der Waals surface area (Å²) in [6, 6.07) is 1.76. The molecule has 0 heterocycles. The number of benzene rings is 1. The fraction of sp³-hybridized carbons (Fsp3) is 0.667. The van der Waals surface area contributed by atoms with Crippen LogP contribution < -0.4 is 4.74 Å². The van der Waals surface area contributed by atoms with Crippen LogP contribution in [0, 0.1) is 34.5 Å². The predicted octanol–water partition coefficient (Wildman–Crippen LogP) is 6.59. The van der Waals surface area contributed by atoms with Crippen molar-refractivity contribution in [3.63, 3.8) is 0 Å². The number of hydrogen-bond donors (Lipinski definition) is 2. The number of carboxylic acids is 1. The van der Waals surface area contributed by atoms with Crippen molar-refractivity contribution in [2.24, 2.45) is 27.6 Å². The van der Waals surface area contributed by atoms with E-state index in [1.165, 1.54) is 12.7 Å². The highest BCUT2D eigenvalue weighted by Gasteiger charge is 2.67. The van der Waals surface area contributed by atoms with Gasteiger partial charge in [-0.15, -0.1) is 0 Å². The average Bonchev–Trinajstić information content (AvgIpc) is 2.79. The van der Waals surface area contributed by atoms with Crippen molar-refractivity contribution in [2.45, 2.75) is 91.9 Å². The quantitative estimate of drug-likeness (QED) is 0.499. The third kappa shape index (κ3) is 2.87. The van der Waals surface area contributed by atoms with Gasteiger partial charge in [0.2, 0.25) is 0 Å². The summed E-state index contributed by atoms with van der Waals surface area (Å²) >= 11 is 0. The van der Waals surface area contributed by atoms with Gasteiger partial charge in [0.05, 0.1) is 12.5 Å². The van der Waals surface area contributed by atoms with E-state index in [1.807, 2.05) is 19.9 Å². The standard InChI is InChI=1S/C30H40O5/c1-17-23-18(14-20(32)24(17)35-7)28(4)11-13-30(6)22-16-27(3,25(33)34)9-8-26(22,2)10-12-29(30,5)21(28)15-19(23)31/h14-15,22,32H,8-13,16H2,1-7H3,(H,33,34)/t22-,26-,27-,28+,29-,30+/m1/s1. The summed E-state index contributed by atoms with van der Waals surface area (Å²) in [6.07, 6.45) is 8.12. The second-order valence-corrected chi connectivity index (χ2v) is 13.3. The number of ketones is 1. The first-order valence-electron chi connectivity index (χ1n) is 13.1. The van der Waals surface area contributed by atoms with Crippen LogP contribution in [0.2, 0.25) is 0 Å². The van der Waals surface area contributed by atoms with Crippen LogP contribution in [-0.4, -0.2) is 29.1 Å². The smallest absolute Gasteiger partial charge is 0.309 e. The van der Waals surface area contributed by atoms with E-state index in [-0.39, 0.29) is 39.1 Å². The van der Waals surface area contributed by atoms with Crippen molar-refractivity contribution in [1.29, 1.82) is 0 Å². The Bertz CT molecular complexity index is 1180. The summed E-state index contributed by atoms with van der Waals surface area (Å²) in [5.74, 6) is 0.0286. The molecule has 35 heavy (non-hydrogen) atoms. The van der Waals surface area contributed by atoms with Crippen molar-refractivity contribution in [2.75, 3.05) is 7.11 Å². The van der Waals surface area contributed by atoms with E-state index in [2.05, 4.69) is 27.7 Å². The van der Waals surface area contributed by atoms with E-state index >= 15 is 0 Å². The molecule has 0 aliphatic heterocycles. The van der Waals surface area contributed by atoms with Crippen LogP contribution in [0.1, 0.15) is 101 Å². The van der Waals surface area contributed by atoms with Crippen LogP contribution in [0.5, 0.6) is 11.5 Å². The van der Waals surface area contributed by atoms with E-state index in [0.29, 0.717) is 23.3 Å². The molecule has 0 radical (unpaired) electrons. The predicted molar refractivity (Wildman–Crippen MR) is 135 cm³/mol. The number of aromatic hydroxyl groups is 1. The third-order valence-electron chi connectivity index (χ3n) is 11.6. The largest absolute Gasteiger partial charge is 0.504 e. The lowest BCUT2D eigenvalue weighted by Gasteiger charge is -2.69. The van der Waals surface area contributed by atoms with Crippen LogP contribution in [0.4, 0.5) is 0 Å². The van der Waals surface area contributed by atoms with Crippen LogP contribution in [0.25, 0.3) is 0 Å². The van der Waals surface area contributed by atoms with Gasteiger partial charge in [0.1, 0.15) is 0 Å². The number of carbonyl (C=O) groups is 2. The van der Waals surface area contributed by atoms with Gasteiger partial charge in [0.25, 0.3) is 0 Å². The molecule has 0 unspecified atom stereocenters. The maximum Gasteiger partial charge on any atom is 0.309 e. The maximum absolute atomic E-state index is 13.7. The molecule has 3 saturated carbocycles. The number of allylic oxidation sites excluding steroid dienone is 2. The molecule has 3 fully saturated rings. The third-order valence-corrected chi connectivity index (χ3v) is 11.6. The molecule has 5 nitrogen and oxygen atoms in total. The summed E-state index contributed by atoms with van der Waals surface area (Å²) in [5, 5.41) is 20.9. The molecule has 190 valence electrons. The Balaban J connectivity index is 1.67. The number of fused-ring (bicyclic) bond motifs is 7. The first kappa shape index (κ1) is 24.4. The lowest BCUT2D eigenvalue weighted by Crippen LogP contribution is -2.62. The van der Waals surface area contributed by atoms with Gasteiger partial charge < -0.3 is 14.9 Å². The Morgan fingerprint density at radius 1 is 1.03 bits per heavy atom. The minimum atomic E-state index is -0.699. The molecule has 5 rings (SSSR count).